The number of nitrogens with one attached hydrogen (secondary N) is 1. The van der Waals surface area contributed by atoms with Crippen molar-refractivity contribution in [1.29, 1.82) is 0 Å². The lowest BCUT2D eigenvalue weighted by Crippen LogP contribution is -2.41. The molecule has 1 N–H and O–H groups in total. The van der Waals surface area contributed by atoms with Crippen molar-refractivity contribution in [2.75, 3.05) is 0 Å². The van der Waals surface area contributed by atoms with Gasteiger partial charge < -0.3 is 4.57 Å². The van der Waals surface area contributed by atoms with Crippen molar-refractivity contribution in [3.63, 3.8) is 0 Å². The highest BCUT2D eigenvalue weighted by atomic mass is 32.2. The van der Waals surface area contributed by atoms with E-state index in [4.69, 9.17) is 0 Å². The Bertz CT molecular complexity index is 1140. The highest BCUT2D eigenvalue weighted by Crippen LogP contribution is 2.06. The lowest BCUT2D eigenvalue weighted by atomic mass is 10.3. The van der Waals surface area contributed by atoms with E-state index in [1.54, 1.807) is 35.3 Å². The molecule has 0 saturated carbocycles. The van der Waals surface area contributed by atoms with Gasteiger partial charge in [-0.1, -0.05) is 6.07 Å². The number of aryl methyl sites for hydroxylation is 1. The predicted octanol–water partition coefficient (Wildman–Crippen LogP) is -0.857. The molecule has 3 aromatic heterocycles. The van der Waals surface area contributed by atoms with Gasteiger partial charge in [-0.15, -0.1) is 0 Å². The fraction of sp³-hybridized carbons (Fsp3) is 0.200. The van der Waals surface area contributed by atoms with Crippen molar-refractivity contribution in [3.05, 3.63) is 69.4 Å². The Morgan fingerprint density at radius 2 is 1.96 bits per heavy atom. The second-order valence-corrected chi connectivity index (χ2v) is 7.29. The summed E-state index contributed by atoms with van der Waals surface area (Å²) in [4.78, 5) is 27.5. The van der Waals surface area contributed by atoms with E-state index < -0.39 is 26.2 Å². The molecule has 0 aliphatic heterocycles. The second-order valence-electron chi connectivity index (χ2n) is 5.55. The van der Waals surface area contributed by atoms with Crippen LogP contribution < -0.4 is 16.0 Å². The summed E-state index contributed by atoms with van der Waals surface area (Å²) in [5.74, 6) is 0.591. The van der Waals surface area contributed by atoms with E-state index in [-0.39, 0.29) is 6.54 Å². The fourth-order valence-corrected chi connectivity index (χ4v) is 3.45. The minimum absolute atomic E-state index is 0.0548. The van der Waals surface area contributed by atoms with Crippen LogP contribution in [-0.4, -0.2) is 32.3 Å². The highest BCUT2D eigenvalue weighted by Gasteiger charge is 2.21. The quantitative estimate of drug-likeness (QED) is 0.619. The summed E-state index contributed by atoms with van der Waals surface area (Å²) in [6.45, 7) is -0.0548. The molecular formula is C15H16N6O4S. The Balaban J connectivity index is 1.81. The molecule has 0 spiro atoms. The van der Waals surface area contributed by atoms with Crippen LogP contribution in [0.2, 0.25) is 0 Å². The van der Waals surface area contributed by atoms with Gasteiger partial charge in [0.25, 0.3) is 5.56 Å². The molecule has 136 valence electrons. The Morgan fingerprint density at radius 3 is 2.58 bits per heavy atom. The number of rotatable bonds is 5. The lowest BCUT2D eigenvalue weighted by Gasteiger charge is -2.09. The molecule has 0 aromatic carbocycles. The SMILES string of the molecule is Cn1cc(S(=O)(=O)NCc2ccc(-n3cccn3)nc2)c(=O)n(C)c1=O. The Morgan fingerprint density at radius 1 is 1.19 bits per heavy atom. The Hall–Kier alpha value is -3.05. The van der Waals surface area contributed by atoms with Crippen LogP contribution in [-0.2, 0) is 30.7 Å². The van der Waals surface area contributed by atoms with E-state index in [1.807, 2.05) is 0 Å². The maximum absolute atomic E-state index is 12.4. The van der Waals surface area contributed by atoms with Crippen LogP contribution in [0.5, 0.6) is 0 Å². The standard InChI is InChI=1S/C15H16N6O4S/c1-19-10-12(14(22)20(2)15(19)23)26(24,25)18-9-11-4-5-13(16-8-11)21-7-3-6-17-21/h3-8,10,18H,9H2,1-2H3. The third-order valence-electron chi connectivity index (χ3n) is 3.72. The van der Waals surface area contributed by atoms with E-state index in [1.165, 1.54) is 20.3 Å². The van der Waals surface area contributed by atoms with Crippen LogP contribution in [0.1, 0.15) is 5.56 Å². The van der Waals surface area contributed by atoms with Gasteiger partial charge in [0.15, 0.2) is 10.7 Å². The topological polar surface area (TPSA) is 121 Å². The van der Waals surface area contributed by atoms with E-state index in [9.17, 15) is 18.0 Å². The van der Waals surface area contributed by atoms with Gasteiger partial charge in [0.2, 0.25) is 10.0 Å². The van der Waals surface area contributed by atoms with Crippen molar-refractivity contribution in [2.24, 2.45) is 14.1 Å². The molecule has 11 heteroatoms. The number of hydrogen-bond donors (Lipinski definition) is 1. The first-order valence-electron chi connectivity index (χ1n) is 7.51. The first-order chi connectivity index (χ1) is 12.3. The van der Waals surface area contributed by atoms with Crippen molar-refractivity contribution in [3.8, 4) is 5.82 Å². The van der Waals surface area contributed by atoms with Gasteiger partial charge in [-0.25, -0.2) is 27.6 Å². The molecule has 0 amide bonds. The zero-order chi connectivity index (χ0) is 18.9. The predicted molar refractivity (Wildman–Crippen MR) is 92.3 cm³/mol. The largest absolute Gasteiger partial charge is 0.330 e. The summed E-state index contributed by atoms with van der Waals surface area (Å²) in [6.07, 6.45) is 5.88. The average molecular weight is 376 g/mol. The summed E-state index contributed by atoms with van der Waals surface area (Å²) in [5, 5.41) is 4.05. The van der Waals surface area contributed by atoms with Gasteiger partial charge in [0.05, 0.1) is 0 Å². The molecule has 0 aliphatic carbocycles. The van der Waals surface area contributed by atoms with Gasteiger partial charge in [-0.2, -0.15) is 5.10 Å². The van der Waals surface area contributed by atoms with Crippen LogP contribution in [0.15, 0.2) is 57.5 Å². The fourth-order valence-electron chi connectivity index (χ4n) is 2.28. The summed E-state index contributed by atoms with van der Waals surface area (Å²) >= 11 is 0. The first-order valence-corrected chi connectivity index (χ1v) is 8.99. The maximum Gasteiger partial charge on any atom is 0.330 e. The molecule has 26 heavy (non-hydrogen) atoms. The van der Waals surface area contributed by atoms with Gasteiger partial charge in [-0.05, 0) is 17.7 Å². The number of sulfonamides is 1. The molecule has 0 saturated heterocycles. The Kier molecular flexibility index (Phi) is 4.57. The molecule has 0 unspecified atom stereocenters. The first kappa shape index (κ1) is 17.8. The van der Waals surface area contributed by atoms with E-state index in [0.717, 1.165) is 15.3 Å². The number of aromatic nitrogens is 5. The normalized spacial score (nSPS) is 11.6. The highest BCUT2D eigenvalue weighted by molar-refractivity contribution is 7.89. The van der Waals surface area contributed by atoms with Crippen molar-refractivity contribution in [1.82, 2.24) is 28.6 Å². The van der Waals surface area contributed by atoms with Crippen LogP contribution in [0.25, 0.3) is 5.82 Å². The summed E-state index contributed by atoms with van der Waals surface area (Å²) in [6, 6.07) is 5.16. The van der Waals surface area contributed by atoms with Gasteiger partial charge in [-0.3, -0.25) is 9.36 Å². The number of nitrogens with zero attached hydrogens (tertiary/aromatic N) is 5. The molecule has 3 heterocycles. The summed E-state index contributed by atoms with van der Waals surface area (Å²) in [5.41, 5.74) is -0.883. The van der Waals surface area contributed by atoms with Crippen LogP contribution in [0, 0.1) is 0 Å². The van der Waals surface area contributed by atoms with E-state index in [0.29, 0.717) is 11.4 Å². The third kappa shape index (κ3) is 3.34. The molecular weight excluding hydrogens is 360 g/mol. The van der Waals surface area contributed by atoms with Gasteiger partial charge >= 0.3 is 5.69 Å². The molecule has 0 bridgehead atoms. The van der Waals surface area contributed by atoms with Crippen LogP contribution in [0.4, 0.5) is 0 Å². The van der Waals surface area contributed by atoms with Gasteiger partial charge in [0, 0.05) is 45.4 Å². The third-order valence-corrected chi connectivity index (χ3v) is 5.10. The minimum Gasteiger partial charge on any atom is -0.302 e. The van der Waals surface area contributed by atoms with Crippen LogP contribution >= 0.6 is 0 Å². The Labute approximate surface area is 148 Å². The second kappa shape index (κ2) is 6.69. The molecule has 10 nitrogen and oxygen atoms in total. The zero-order valence-corrected chi connectivity index (χ0v) is 14.8. The van der Waals surface area contributed by atoms with Crippen molar-refractivity contribution in [2.45, 2.75) is 11.4 Å². The van der Waals surface area contributed by atoms with E-state index >= 15 is 0 Å². The molecule has 0 fully saturated rings. The van der Waals surface area contributed by atoms with Crippen LogP contribution in [0.3, 0.4) is 0 Å². The van der Waals surface area contributed by atoms with Crippen molar-refractivity contribution < 1.29 is 8.42 Å². The van der Waals surface area contributed by atoms with E-state index in [2.05, 4.69) is 14.8 Å². The minimum atomic E-state index is -4.09. The number of hydrogen-bond acceptors (Lipinski definition) is 6. The van der Waals surface area contributed by atoms with Crippen molar-refractivity contribution >= 4 is 10.0 Å². The average Bonchev–Trinajstić information content (AvgIpc) is 3.16. The number of pyridine rings is 1. The van der Waals surface area contributed by atoms with Gasteiger partial charge in [0.1, 0.15) is 0 Å². The molecule has 0 radical (unpaired) electrons. The summed E-state index contributed by atoms with van der Waals surface area (Å²) in [7, 11) is -1.50. The lowest BCUT2D eigenvalue weighted by molar-refractivity contribution is 0.570. The smallest absolute Gasteiger partial charge is 0.302 e. The molecule has 0 atom stereocenters. The monoisotopic (exact) mass is 376 g/mol. The molecule has 3 aromatic rings. The maximum atomic E-state index is 12.4. The molecule has 3 rings (SSSR count). The zero-order valence-electron chi connectivity index (χ0n) is 14.0. The molecule has 0 aliphatic rings. The summed E-state index contributed by atoms with van der Waals surface area (Å²) < 4.78 is 30.5.